The Bertz CT molecular complexity index is 509. The predicted molar refractivity (Wildman–Crippen MR) is 73.1 cm³/mol. The largest absolute Gasteiger partial charge is 0.495 e. The topological polar surface area (TPSA) is 21.3 Å². The summed E-state index contributed by atoms with van der Waals surface area (Å²) in [6, 6.07) is 0.0592. The smallest absolute Gasteiger partial charge is 0.455 e. The fourth-order valence-corrected chi connectivity index (χ4v) is 2.81. The molecule has 0 amide bonds. The van der Waals surface area contributed by atoms with Crippen molar-refractivity contribution >= 4 is 27.5 Å². The van der Waals surface area contributed by atoms with E-state index in [1.165, 1.54) is 20.1 Å². The second-order valence-electron chi connectivity index (χ2n) is 4.12. The summed E-state index contributed by atoms with van der Waals surface area (Å²) < 4.78 is 70.6. The third-order valence-corrected chi connectivity index (χ3v) is 3.51. The summed E-state index contributed by atoms with van der Waals surface area (Å²) in [5, 5.41) is 2.16. The molecule has 0 spiro atoms. The number of hydrogen-bond acceptors (Lipinski definition) is 2. The second kappa shape index (κ2) is 6.66. The maximum atomic E-state index is 13.7. The Morgan fingerprint density at radius 2 is 1.86 bits per heavy atom. The number of benzene rings is 1. The van der Waals surface area contributed by atoms with Crippen molar-refractivity contribution < 1.29 is 26.7 Å². The minimum atomic E-state index is -5.71. The lowest BCUT2D eigenvalue weighted by Gasteiger charge is -2.30. The molecule has 0 bridgehead atoms. The average Bonchev–Trinajstić information content (AvgIpc) is 2.33. The molecule has 2 nitrogen and oxygen atoms in total. The van der Waals surface area contributed by atoms with Crippen molar-refractivity contribution in [3.63, 3.8) is 0 Å². The highest BCUT2D eigenvalue weighted by atomic mass is 79.9. The number of rotatable bonds is 5. The molecule has 0 saturated carbocycles. The molecule has 1 aromatic carbocycles. The molecule has 21 heavy (non-hydrogen) atoms. The van der Waals surface area contributed by atoms with E-state index in [0.717, 1.165) is 6.07 Å². The number of hydrogen-bond donors (Lipinski definition) is 1. The van der Waals surface area contributed by atoms with Crippen molar-refractivity contribution in [2.24, 2.45) is 0 Å². The van der Waals surface area contributed by atoms with Gasteiger partial charge >= 0.3 is 12.1 Å². The van der Waals surface area contributed by atoms with Crippen LogP contribution in [-0.2, 0) is 0 Å². The van der Waals surface area contributed by atoms with Gasteiger partial charge in [0.05, 0.1) is 11.6 Å². The molecule has 0 aromatic heterocycles. The molecule has 1 atom stereocenters. The zero-order valence-electron chi connectivity index (χ0n) is 11.0. The molecular formula is C12H12BrClF5NO. The van der Waals surface area contributed by atoms with Crippen LogP contribution in [0, 0.1) is 0 Å². The van der Waals surface area contributed by atoms with Gasteiger partial charge in [0.15, 0.2) is 0 Å². The third-order valence-electron chi connectivity index (χ3n) is 2.70. The van der Waals surface area contributed by atoms with Crippen LogP contribution < -0.4 is 10.1 Å². The predicted octanol–water partition coefficient (Wildman–Crippen LogP) is 4.96. The second-order valence-corrected chi connectivity index (χ2v) is 5.41. The van der Waals surface area contributed by atoms with Crippen LogP contribution >= 0.6 is 27.5 Å². The zero-order valence-corrected chi connectivity index (χ0v) is 13.3. The molecule has 120 valence electrons. The van der Waals surface area contributed by atoms with Gasteiger partial charge in [0.25, 0.3) is 0 Å². The van der Waals surface area contributed by atoms with Crippen LogP contribution in [0.3, 0.4) is 0 Å². The van der Waals surface area contributed by atoms with Gasteiger partial charge in [0, 0.05) is 10.6 Å². The average molecular weight is 397 g/mol. The number of alkyl halides is 5. The molecule has 0 saturated heterocycles. The Hall–Kier alpha value is -0.600. The summed E-state index contributed by atoms with van der Waals surface area (Å²) in [5.41, 5.74) is -0.374. The van der Waals surface area contributed by atoms with E-state index in [0.29, 0.717) is 0 Å². The SMILES string of the molecule is CCNC(c1cc(Cl)cc(Br)c1OC)C(F)(F)C(F)(F)F. The summed E-state index contributed by atoms with van der Waals surface area (Å²) in [6.45, 7) is 1.33. The monoisotopic (exact) mass is 395 g/mol. The Balaban J connectivity index is 3.49. The zero-order chi connectivity index (χ0) is 16.4. The van der Waals surface area contributed by atoms with Crippen LogP contribution in [0.15, 0.2) is 16.6 Å². The summed E-state index contributed by atoms with van der Waals surface area (Å²) >= 11 is 8.78. The van der Waals surface area contributed by atoms with Gasteiger partial charge in [-0.3, -0.25) is 0 Å². The van der Waals surface area contributed by atoms with Crippen LogP contribution in [0.5, 0.6) is 5.75 Å². The van der Waals surface area contributed by atoms with Crippen molar-refractivity contribution in [3.8, 4) is 5.75 Å². The minimum Gasteiger partial charge on any atom is -0.495 e. The van der Waals surface area contributed by atoms with E-state index in [2.05, 4.69) is 21.2 Å². The van der Waals surface area contributed by atoms with Gasteiger partial charge in [-0.05, 0) is 34.6 Å². The quantitative estimate of drug-likeness (QED) is 0.711. The first kappa shape index (κ1) is 18.4. The number of halogens is 7. The summed E-state index contributed by atoms with van der Waals surface area (Å²) in [5.74, 6) is -5.12. The lowest BCUT2D eigenvalue weighted by atomic mass is 9.98. The van der Waals surface area contributed by atoms with E-state index in [9.17, 15) is 22.0 Å². The first-order valence-corrected chi connectivity index (χ1v) is 6.94. The van der Waals surface area contributed by atoms with Crippen LogP contribution in [0.1, 0.15) is 18.5 Å². The van der Waals surface area contributed by atoms with Crippen molar-refractivity contribution in [2.45, 2.75) is 25.1 Å². The van der Waals surface area contributed by atoms with Crippen LogP contribution in [0.25, 0.3) is 0 Å². The van der Waals surface area contributed by atoms with Gasteiger partial charge in [-0.1, -0.05) is 18.5 Å². The molecule has 0 fully saturated rings. The summed E-state index contributed by atoms with van der Waals surface area (Å²) in [4.78, 5) is 0. The number of nitrogens with one attached hydrogen (secondary N) is 1. The van der Waals surface area contributed by atoms with Crippen LogP contribution in [-0.4, -0.2) is 25.8 Å². The molecule has 0 aliphatic rings. The third kappa shape index (κ3) is 3.78. The number of ether oxygens (including phenoxy) is 1. The van der Waals surface area contributed by atoms with E-state index < -0.39 is 18.1 Å². The molecule has 0 aliphatic heterocycles. The van der Waals surface area contributed by atoms with Gasteiger partial charge in [-0.2, -0.15) is 22.0 Å². The van der Waals surface area contributed by atoms with Crippen molar-refractivity contribution in [1.82, 2.24) is 5.32 Å². The van der Waals surface area contributed by atoms with Crippen LogP contribution in [0.2, 0.25) is 5.02 Å². The number of methoxy groups -OCH3 is 1. The fraction of sp³-hybridized carbons (Fsp3) is 0.500. The van der Waals surface area contributed by atoms with Gasteiger partial charge in [-0.25, -0.2) is 0 Å². The van der Waals surface area contributed by atoms with Gasteiger partial charge in [0.1, 0.15) is 11.8 Å². The molecule has 0 heterocycles. The van der Waals surface area contributed by atoms with E-state index >= 15 is 0 Å². The van der Waals surface area contributed by atoms with E-state index in [-0.39, 0.29) is 27.4 Å². The maximum Gasteiger partial charge on any atom is 0.455 e. The Morgan fingerprint density at radius 3 is 2.29 bits per heavy atom. The van der Waals surface area contributed by atoms with Crippen LogP contribution in [0.4, 0.5) is 22.0 Å². The lowest BCUT2D eigenvalue weighted by Crippen LogP contribution is -2.48. The highest BCUT2D eigenvalue weighted by Gasteiger charge is 2.63. The highest BCUT2D eigenvalue weighted by molar-refractivity contribution is 9.10. The van der Waals surface area contributed by atoms with Crippen molar-refractivity contribution in [2.75, 3.05) is 13.7 Å². The molecule has 1 aromatic rings. The molecule has 1 unspecified atom stereocenters. The minimum absolute atomic E-state index is 0.0125. The van der Waals surface area contributed by atoms with E-state index in [1.54, 1.807) is 0 Å². The molecule has 9 heteroatoms. The van der Waals surface area contributed by atoms with Gasteiger partial charge in [-0.15, -0.1) is 0 Å². The summed E-state index contributed by atoms with van der Waals surface area (Å²) in [7, 11) is 1.17. The Labute approximate surface area is 131 Å². The molecule has 0 radical (unpaired) electrons. The van der Waals surface area contributed by atoms with Crippen molar-refractivity contribution in [1.29, 1.82) is 0 Å². The Morgan fingerprint density at radius 1 is 1.29 bits per heavy atom. The van der Waals surface area contributed by atoms with Crippen molar-refractivity contribution in [3.05, 3.63) is 27.2 Å². The summed E-state index contributed by atoms with van der Waals surface area (Å²) in [6.07, 6.45) is -5.71. The normalized spacial score (nSPS) is 14.1. The van der Waals surface area contributed by atoms with Gasteiger partial charge < -0.3 is 10.1 Å². The molecule has 1 rings (SSSR count). The first-order chi connectivity index (χ1) is 9.56. The highest BCUT2D eigenvalue weighted by Crippen LogP contribution is 2.48. The molecule has 1 N–H and O–H groups in total. The first-order valence-electron chi connectivity index (χ1n) is 5.77. The Kier molecular flexibility index (Phi) is 5.85. The standard InChI is InChI=1S/C12H12BrClF5NO/c1-3-20-10(11(15,16)12(17,18)19)7-4-6(14)5-8(13)9(7)21-2/h4-5,10,20H,3H2,1-2H3. The van der Waals surface area contributed by atoms with E-state index in [1.807, 2.05) is 0 Å². The maximum absolute atomic E-state index is 13.7. The lowest BCUT2D eigenvalue weighted by molar-refractivity contribution is -0.294. The van der Waals surface area contributed by atoms with E-state index in [4.69, 9.17) is 16.3 Å². The molecular weight excluding hydrogens is 384 g/mol. The molecule has 0 aliphatic carbocycles. The van der Waals surface area contributed by atoms with Gasteiger partial charge in [0.2, 0.25) is 0 Å². The fourth-order valence-electron chi connectivity index (χ4n) is 1.81.